The van der Waals surface area contributed by atoms with E-state index in [1.807, 2.05) is 30.3 Å². The highest BCUT2D eigenvalue weighted by atomic mass is 35.5. The van der Waals surface area contributed by atoms with Gasteiger partial charge in [-0.05, 0) is 59.7 Å². The SMILES string of the molecule is COc1ccc(C(NC(=O)c2cccc(Cl)c2)NC(=O)c2cccc(Cl)c2)cc1OCc1ccccc1. The predicted octanol–water partition coefficient (Wildman–Crippen LogP) is 6.44. The molecule has 0 unspecified atom stereocenters. The van der Waals surface area contributed by atoms with Crippen molar-refractivity contribution in [1.82, 2.24) is 10.6 Å². The predicted molar refractivity (Wildman–Crippen MR) is 144 cm³/mol. The summed E-state index contributed by atoms with van der Waals surface area (Å²) in [7, 11) is 1.55. The zero-order chi connectivity index (χ0) is 26.2. The lowest BCUT2D eigenvalue weighted by Gasteiger charge is -2.22. The molecule has 2 amide bonds. The number of ether oxygens (including phenoxy) is 2. The van der Waals surface area contributed by atoms with Crippen LogP contribution in [0, 0.1) is 0 Å². The van der Waals surface area contributed by atoms with Crippen molar-refractivity contribution in [2.24, 2.45) is 0 Å². The maximum Gasteiger partial charge on any atom is 0.253 e. The first kappa shape index (κ1) is 26.1. The minimum absolute atomic E-state index is 0.315. The minimum Gasteiger partial charge on any atom is -0.493 e. The highest BCUT2D eigenvalue weighted by molar-refractivity contribution is 6.31. The van der Waals surface area contributed by atoms with Gasteiger partial charge in [0.2, 0.25) is 0 Å². The summed E-state index contributed by atoms with van der Waals surface area (Å²) in [5.74, 6) is 0.145. The molecule has 188 valence electrons. The first-order valence-electron chi connectivity index (χ1n) is 11.4. The minimum atomic E-state index is -0.900. The molecule has 0 atom stereocenters. The fourth-order valence-electron chi connectivity index (χ4n) is 3.61. The summed E-state index contributed by atoms with van der Waals surface area (Å²) in [5, 5.41) is 6.59. The number of methoxy groups -OCH3 is 1. The number of benzene rings is 4. The van der Waals surface area contributed by atoms with Gasteiger partial charge in [-0.2, -0.15) is 0 Å². The maximum atomic E-state index is 13.1. The van der Waals surface area contributed by atoms with E-state index in [-0.39, 0.29) is 0 Å². The van der Waals surface area contributed by atoms with Crippen molar-refractivity contribution in [1.29, 1.82) is 0 Å². The lowest BCUT2D eigenvalue weighted by Crippen LogP contribution is -2.41. The molecule has 0 radical (unpaired) electrons. The molecule has 0 aromatic heterocycles. The summed E-state index contributed by atoms with van der Waals surface area (Å²) < 4.78 is 11.5. The molecule has 4 aromatic carbocycles. The molecule has 0 aliphatic carbocycles. The van der Waals surface area contributed by atoms with E-state index in [1.54, 1.807) is 73.8 Å². The number of nitrogens with one attached hydrogen (secondary N) is 2. The van der Waals surface area contributed by atoms with Gasteiger partial charge in [-0.15, -0.1) is 0 Å². The Balaban J connectivity index is 1.64. The van der Waals surface area contributed by atoms with Gasteiger partial charge >= 0.3 is 0 Å². The van der Waals surface area contributed by atoms with Gasteiger partial charge in [0.05, 0.1) is 7.11 Å². The topological polar surface area (TPSA) is 76.7 Å². The Labute approximate surface area is 225 Å². The van der Waals surface area contributed by atoms with Gasteiger partial charge in [0.25, 0.3) is 11.8 Å². The third-order valence-corrected chi connectivity index (χ3v) is 5.95. The standard InChI is InChI=1S/C29H24Cl2N2O4/c1-36-25-14-13-20(17-26(25)37-18-19-7-3-2-4-8-19)27(32-28(34)21-9-5-11-23(30)15-21)33-29(35)22-10-6-12-24(31)16-22/h2-17,27H,18H2,1H3,(H,32,34)(H,33,35). The lowest BCUT2D eigenvalue weighted by molar-refractivity contribution is 0.0883. The number of hydrogen-bond acceptors (Lipinski definition) is 4. The second kappa shape index (κ2) is 12.3. The van der Waals surface area contributed by atoms with Crippen LogP contribution < -0.4 is 20.1 Å². The van der Waals surface area contributed by atoms with Crippen LogP contribution in [0.25, 0.3) is 0 Å². The molecule has 2 N–H and O–H groups in total. The van der Waals surface area contributed by atoms with Crippen LogP contribution in [0.2, 0.25) is 10.0 Å². The molecule has 0 bridgehead atoms. The van der Waals surface area contributed by atoms with E-state index in [9.17, 15) is 9.59 Å². The van der Waals surface area contributed by atoms with Crippen molar-refractivity contribution in [3.8, 4) is 11.5 Å². The summed E-state index contributed by atoms with van der Waals surface area (Å²) in [4.78, 5) is 26.1. The van der Waals surface area contributed by atoms with Crippen molar-refractivity contribution in [3.63, 3.8) is 0 Å². The fourth-order valence-corrected chi connectivity index (χ4v) is 3.99. The molecular weight excluding hydrogens is 511 g/mol. The quantitative estimate of drug-likeness (QED) is 0.242. The first-order chi connectivity index (χ1) is 17.9. The summed E-state index contributed by atoms with van der Waals surface area (Å²) in [6.45, 7) is 0.315. The third-order valence-electron chi connectivity index (χ3n) is 5.48. The van der Waals surface area contributed by atoms with Gasteiger partial charge in [-0.3, -0.25) is 9.59 Å². The average Bonchev–Trinajstić information content (AvgIpc) is 2.92. The maximum absolute atomic E-state index is 13.1. The fraction of sp³-hybridized carbons (Fsp3) is 0.103. The number of amides is 2. The molecule has 37 heavy (non-hydrogen) atoms. The molecule has 0 aliphatic rings. The van der Waals surface area contributed by atoms with Gasteiger partial charge < -0.3 is 20.1 Å². The molecule has 6 nitrogen and oxygen atoms in total. The molecular formula is C29H24Cl2N2O4. The summed E-state index contributed by atoms with van der Waals surface area (Å²) in [6, 6.07) is 28.0. The van der Waals surface area contributed by atoms with E-state index in [0.717, 1.165) is 5.56 Å². The second-order valence-corrected chi connectivity index (χ2v) is 8.96. The van der Waals surface area contributed by atoms with Crippen LogP contribution in [0.15, 0.2) is 97.1 Å². The van der Waals surface area contributed by atoms with E-state index in [1.165, 1.54) is 0 Å². The van der Waals surface area contributed by atoms with E-state index in [2.05, 4.69) is 10.6 Å². The Hall–Kier alpha value is -4.00. The highest BCUT2D eigenvalue weighted by Crippen LogP contribution is 2.31. The van der Waals surface area contributed by atoms with Crippen LogP contribution in [-0.4, -0.2) is 18.9 Å². The number of carbonyl (C=O) groups is 2. The van der Waals surface area contributed by atoms with Gasteiger partial charge in [-0.25, -0.2) is 0 Å². The molecule has 4 rings (SSSR count). The third kappa shape index (κ3) is 7.03. The molecule has 0 fully saturated rings. The van der Waals surface area contributed by atoms with Crippen LogP contribution in [0.3, 0.4) is 0 Å². The second-order valence-electron chi connectivity index (χ2n) is 8.09. The van der Waals surface area contributed by atoms with Crippen molar-refractivity contribution >= 4 is 35.0 Å². The zero-order valence-electron chi connectivity index (χ0n) is 19.9. The zero-order valence-corrected chi connectivity index (χ0v) is 21.4. The molecule has 4 aromatic rings. The Morgan fingerprint density at radius 2 is 1.32 bits per heavy atom. The molecule has 0 aliphatic heterocycles. The largest absolute Gasteiger partial charge is 0.493 e. The summed E-state index contributed by atoms with van der Waals surface area (Å²) in [6.07, 6.45) is -0.900. The van der Waals surface area contributed by atoms with E-state index >= 15 is 0 Å². The van der Waals surface area contributed by atoms with Crippen molar-refractivity contribution in [3.05, 3.63) is 129 Å². The van der Waals surface area contributed by atoms with Gasteiger partial charge in [0.15, 0.2) is 11.5 Å². The number of rotatable bonds is 9. The molecule has 0 heterocycles. The smallest absolute Gasteiger partial charge is 0.253 e. The van der Waals surface area contributed by atoms with E-state index in [4.69, 9.17) is 32.7 Å². The average molecular weight is 535 g/mol. The lowest BCUT2D eigenvalue weighted by atomic mass is 10.1. The monoisotopic (exact) mass is 534 g/mol. The van der Waals surface area contributed by atoms with Crippen molar-refractivity contribution < 1.29 is 19.1 Å². The Morgan fingerprint density at radius 3 is 1.86 bits per heavy atom. The molecule has 0 saturated carbocycles. The number of hydrogen-bond donors (Lipinski definition) is 2. The normalized spacial score (nSPS) is 10.6. The van der Waals surface area contributed by atoms with Crippen LogP contribution in [0.5, 0.6) is 11.5 Å². The Kier molecular flexibility index (Phi) is 8.67. The van der Waals surface area contributed by atoms with Crippen LogP contribution in [0.1, 0.15) is 38.0 Å². The van der Waals surface area contributed by atoms with Crippen molar-refractivity contribution in [2.75, 3.05) is 7.11 Å². The molecule has 0 saturated heterocycles. The first-order valence-corrected chi connectivity index (χ1v) is 12.2. The summed E-state index contributed by atoms with van der Waals surface area (Å²) in [5.41, 5.74) is 2.26. The van der Waals surface area contributed by atoms with Crippen LogP contribution in [-0.2, 0) is 6.61 Å². The highest BCUT2D eigenvalue weighted by Gasteiger charge is 2.21. The molecule has 0 spiro atoms. The number of carbonyl (C=O) groups excluding carboxylic acids is 2. The van der Waals surface area contributed by atoms with Gasteiger partial charge in [0.1, 0.15) is 12.8 Å². The van der Waals surface area contributed by atoms with Crippen molar-refractivity contribution in [2.45, 2.75) is 12.8 Å². The van der Waals surface area contributed by atoms with E-state index in [0.29, 0.717) is 44.8 Å². The van der Waals surface area contributed by atoms with Gasteiger partial charge in [-0.1, -0.05) is 71.7 Å². The van der Waals surface area contributed by atoms with E-state index < -0.39 is 18.0 Å². The van der Waals surface area contributed by atoms with Crippen LogP contribution >= 0.6 is 23.2 Å². The summed E-state index contributed by atoms with van der Waals surface area (Å²) >= 11 is 12.1. The number of halogens is 2. The Morgan fingerprint density at radius 1 is 0.730 bits per heavy atom. The molecule has 8 heteroatoms. The Bertz CT molecular complexity index is 1340. The van der Waals surface area contributed by atoms with Gasteiger partial charge in [0, 0.05) is 21.2 Å². The van der Waals surface area contributed by atoms with Crippen LogP contribution in [0.4, 0.5) is 0 Å².